The Morgan fingerprint density at radius 2 is 2.17 bits per heavy atom. The second-order valence-corrected chi connectivity index (χ2v) is 7.92. The molecule has 3 atom stereocenters. The Labute approximate surface area is 144 Å². The molecule has 0 bridgehead atoms. The molecule has 0 radical (unpaired) electrons. The predicted octanol–water partition coefficient (Wildman–Crippen LogP) is 2.58. The van der Waals surface area contributed by atoms with E-state index in [1.54, 1.807) is 30.2 Å². The van der Waals surface area contributed by atoms with Crippen LogP contribution in [0.5, 0.6) is 0 Å². The quantitative estimate of drug-likeness (QED) is 0.886. The first kappa shape index (κ1) is 17.1. The van der Waals surface area contributed by atoms with Crippen LogP contribution in [0.25, 0.3) is 10.2 Å². The number of thiophene rings is 1. The minimum absolute atomic E-state index is 0.106. The van der Waals surface area contributed by atoms with E-state index in [9.17, 15) is 14.7 Å². The van der Waals surface area contributed by atoms with Crippen molar-refractivity contribution >= 4 is 27.5 Å². The highest BCUT2D eigenvalue weighted by molar-refractivity contribution is 7.18. The summed E-state index contributed by atoms with van der Waals surface area (Å²) in [6, 6.07) is -0.940. The van der Waals surface area contributed by atoms with Crippen molar-refractivity contribution in [3.05, 3.63) is 26.6 Å². The summed E-state index contributed by atoms with van der Waals surface area (Å²) in [6.07, 6.45) is 3.05. The zero-order chi connectivity index (χ0) is 17.6. The van der Waals surface area contributed by atoms with Crippen LogP contribution in [0.15, 0.2) is 4.79 Å². The van der Waals surface area contributed by atoms with E-state index in [1.807, 2.05) is 6.92 Å². The van der Waals surface area contributed by atoms with Crippen LogP contribution in [0, 0.1) is 5.92 Å². The van der Waals surface area contributed by atoms with E-state index in [0.717, 1.165) is 35.0 Å². The van der Waals surface area contributed by atoms with Gasteiger partial charge in [0, 0.05) is 4.88 Å². The third kappa shape index (κ3) is 2.86. The molecule has 1 aliphatic carbocycles. The number of hydrogen-bond acceptors (Lipinski definition) is 5. The van der Waals surface area contributed by atoms with Crippen molar-refractivity contribution in [1.29, 1.82) is 0 Å². The van der Waals surface area contributed by atoms with E-state index < -0.39 is 12.0 Å². The summed E-state index contributed by atoms with van der Waals surface area (Å²) < 4.78 is 0. The summed E-state index contributed by atoms with van der Waals surface area (Å²) in [5.74, 6) is 0.272. The second kappa shape index (κ2) is 6.29. The summed E-state index contributed by atoms with van der Waals surface area (Å²) in [6.45, 7) is 5.72. The first-order chi connectivity index (χ1) is 11.3. The van der Waals surface area contributed by atoms with Crippen LogP contribution >= 0.6 is 11.3 Å². The molecular weight excluding hydrogens is 326 g/mol. The first-order valence-electron chi connectivity index (χ1n) is 8.28. The number of aromatic amines is 1. The molecule has 0 spiro atoms. The fourth-order valence-corrected chi connectivity index (χ4v) is 4.66. The molecule has 1 aliphatic rings. The number of nitrogens with one attached hydrogen (secondary N) is 1. The maximum atomic E-state index is 12.6. The first-order valence-corrected chi connectivity index (χ1v) is 9.10. The molecule has 24 heavy (non-hydrogen) atoms. The number of rotatable bonds is 4. The van der Waals surface area contributed by atoms with Crippen LogP contribution in [-0.4, -0.2) is 39.0 Å². The number of carboxylic acid groups (broad SMARTS) is 1. The van der Waals surface area contributed by atoms with Crippen LogP contribution in [-0.2, 0) is 17.6 Å². The molecule has 130 valence electrons. The summed E-state index contributed by atoms with van der Waals surface area (Å²) in [5.41, 5.74) is 1.05. The van der Waals surface area contributed by atoms with Gasteiger partial charge in [-0.2, -0.15) is 0 Å². The Morgan fingerprint density at radius 3 is 2.83 bits per heavy atom. The lowest BCUT2D eigenvalue weighted by molar-refractivity contribution is -0.142. The third-order valence-corrected chi connectivity index (χ3v) is 6.31. The molecule has 3 rings (SSSR count). The van der Waals surface area contributed by atoms with Gasteiger partial charge in [-0.1, -0.05) is 6.92 Å². The fraction of sp³-hybridized carbons (Fsp3) is 0.588. The number of carbonyl (C=O) groups is 1. The average Bonchev–Trinajstić information content (AvgIpc) is 2.90. The summed E-state index contributed by atoms with van der Waals surface area (Å²) >= 11 is 1.61. The van der Waals surface area contributed by atoms with Gasteiger partial charge >= 0.3 is 5.97 Å². The van der Waals surface area contributed by atoms with Crippen molar-refractivity contribution in [2.24, 2.45) is 5.92 Å². The molecule has 0 aliphatic heterocycles. The lowest BCUT2D eigenvalue weighted by atomic mass is 9.89. The van der Waals surface area contributed by atoms with Crippen molar-refractivity contribution in [1.82, 2.24) is 14.9 Å². The second-order valence-electron chi connectivity index (χ2n) is 6.84. The molecule has 2 aromatic rings. The molecule has 2 N–H and O–H groups in total. The lowest BCUT2D eigenvalue weighted by Gasteiger charge is -2.27. The number of aliphatic carboxylic acids is 1. The SMILES string of the molecule is CC1CCc2c(sc3nc(C(C)N(C)C(C)C(=O)O)[nH]c(=O)c23)C1. The van der Waals surface area contributed by atoms with Crippen molar-refractivity contribution < 1.29 is 9.90 Å². The zero-order valence-electron chi connectivity index (χ0n) is 14.4. The predicted molar refractivity (Wildman–Crippen MR) is 94.7 cm³/mol. The average molecular weight is 349 g/mol. The van der Waals surface area contributed by atoms with Crippen LogP contribution in [0.4, 0.5) is 0 Å². The number of aromatic nitrogens is 2. The molecule has 3 unspecified atom stereocenters. The maximum absolute atomic E-state index is 12.6. The molecule has 2 heterocycles. The van der Waals surface area contributed by atoms with Crippen LogP contribution in [0.3, 0.4) is 0 Å². The van der Waals surface area contributed by atoms with Crippen LogP contribution in [0.2, 0.25) is 0 Å². The molecule has 7 heteroatoms. The fourth-order valence-electron chi connectivity index (χ4n) is 3.27. The van der Waals surface area contributed by atoms with E-state index in [1.165, 1.54) is 4.88 Å². The van der Waals surface area contributed by atoms with Gasteiger partial charge in [-0.25, -0.2) is 4.98 Å². The van der Waals surface area contributed by atoms with E-state index >= 15 is 0 Å². The smallest absolute Gasteiger partial charge is 0.320 e. The summed E-state index contributed by atoms with van der Waals surface area (Å²) in [5, 5.41) is 9.91. The Morgan fingerprint density at radius 1 is 1.46 bits per heavy atom. The Hall–Kier alpha value is -1.73. The highest BCUT2D eigenvalue weighted by Gasteiger charge is 2.27. The van der Waals surface area contributed by atoms with Crippen LogP contribution in [0.1, 0.15) is 49.5 Å². The van der Waals surface area contributed by atoms with Crippen molar-refractivity contribution in [2.45, 2.75) is 52.1 Å². The molecule has 0 fully saturated rings. The number of aryl methyl sites for hydroxylation is 1. The molecule has 0 saturated carbocycles. The number of likely N-dealkylation sites (N-methyl/N-ethyl adjacent to an activating group) is 1. The van der Waals surface area contributed by atoms with Crippen molar-refractivity contribution in [3.8, 4) is 0 Å². The molecule has 0 saturated heterocycles. The standard InChI is InChI=1S/C17H23N3O3S/c1-8-5-6-11-12(7-8)24-16-13(11)15(21)18-14(19-16)9(2)20(4)10(3)17(22)23/h8-10H,5-7H2,1-4H3,(H,22,23)(H,18,19,21). The van der Waals surface area contributed by atoms with Gasteiger partial charge in [0.1, 0.15) is 16.7 Å². The maximum Gasteiger partial charge on any atom is 0.320 e. The van der Waals surface area contributed by atoms with Gasteiger partial charge in [-0.15, -0.1) is 11.3 Å². The van der Waals surface area contributed by atoms with Crippen molar-refractivity contribution in [3.63, 3.8) is 0 Å². The van der Waals surface area contributed by atoms with Gasteiger partial charge in [0.05, 0.1) is 11.4 Å². The number of H-pyrrole nitrogens is 1. The van der Waals surface area contributed by atoms with Gasteiger partial charge in [-0.05, 0) is 51.6 Å². The molecule has 0 aromatic carbocycles. The Kier molecular flexibility index (Phi) is 4.48. The number of nitrogens with zero attached hydrogens (tertiary/aromatic N) is 2. The topological polar surface area (TPSA) is 86.3 Å². The molecule has 0 amide bonds. The third-order valence-electron chi connectivity index (χ3n) is 5.16. The highest BCUT2D eigenvalue weighted by Crippen LogP contribution is 2.36. The molecule has 2 aromatic heterocycles. The zero-order valence-corrected chi connectivity index (χ0v) is 15.2. The van der Waals surface area contributed by atoms with E-state index in [-0.39, 0.29) is 11.6 Å². The molecule has 6 nitrogen and oxygen atoms in total. The minimum Gasteiger partial charge on any atom is -0.480 e. The van der Waals surface area contributed by atoms with Crippen molar-refractivity contribution in [2.75, 3.05) is 7.05 Å². The number of carboxylic acids is 1. The van der Waals surface area contributed by atoms with Gasteiger partial charge in [0.15, 0.2) is 0 Å². The highest BCUT2D eigenvalue weighted by atomic mass is 32.1. The van der Waals surface area contributed by atoms with E-state index in [2.05, 4.69) is 16.9 Å². The van der Waals surface area contributed by atoms with E-state index in [4.69, 9.17) is 0 Å². The number of fused-ring (bicyclic) bond motifs is 3. The Balaban J connectivity index is 2.02. The summed E-state index contributed by atoms with van der Waals surface area (Å²) in [7, 11) is 1.73. The normalized spacial score (nSPS) is 20.1. The minimum atomic E-state index is -0.895. The Bertz CT molecular complexity index is 841. The number of hydrogen-bond donors (Lipinski definition) is 2. The van der Waals surface area contributed by atoms with Gasteiger partial charge in [0.25, 0.3) is 5.56 Å². The van der Waals surface area contributed by atoms with Gasteiger partial charge < -0.3 is 10.1 Å². The van der Waals surface area contributed by atoms with Gasteiger partial charge in [-0.3, -0.25) is 14.5 Å². The van der Waals surface area contributed by atoms with Gasteiger partial charge in [0.2, 0.25) is 0 Å². The van der Waals surface area contributed by atoms with E-state index in [0.29, 0.717) is 11.7 Å². The largest absolute Gasteiger partial charge is 0.480 e. The lowest BCUT2D eigenvalue weighted by Crippen LogP contribution is -2.38. The van der Waals surface area contributed by atoms with Crippen LogP contribution < -0.4 is 5.56 Å². The summed E-state index contributed by atoms with van der Waals surface area (Å²) in [4.78, 5) is 35.1. The monoisotopic (exact) mass is 349 g/mol. The molecular formula is C17H23N3O3S.